The Hall–Kier alpha value is 0.452. The maximum absolute atomic E-state index is 5.90. The largest absolute Gasteiger partial charge is 0.501 e. The predicted octanol–water partition coefficient (Wildman–Crippen LogP) is 2.99. The summed E-state index contributed by atoms with van der Waals surface area (Å²) in [5.74, 6) is 0. The van der Waals surface area contributed by atoms with Crippen LogP contribution in [-0.4, -0.2) is 33.8 Å². The Kier molecular flexibility index (Phi) is 6.89. The van der Waals surface area contributed by atoms with Crippen molar-refractivity contribution in [2.24, 2.45) is 0 Å². The summed E-state index contributed by atoms with van der Waals surface area (Å²) in [6, 6.07) is 0. The number of hydrogen-bond acceptors (Lipinski definition) is 2. The molecule has 1 aliphatic rings. The lowest BCUT2D eigenvalue weighted by molar-refractivity contribution is 0.00381. The third-order valence-electron chi connectivity index (χ3n) is 2.98. The molecule has 0 N–H and O–H groups in total. The highest BCUT2D eigenvalue weighted by atomic mass is 27.2. The van der Waals surface area contributed by atoms with E-state index in [9.17, 15) is 0 Å². The standard InChI is InChI=1S/C7H13O2.2C2H5.Al/c8-5-4-7-3-1-2-6-9-7;2*1-2;/h7H,1-6H2;2*1H2,2H3;/q-1;;;+1. The molecule has 0 amide bonds. The van der Waals surface area contributed by atoms with Gasteiger partial charge in [-0.25, -0.2) is 0 Å². The molecule has 1 rings (SSSR count). The first-order valence-electron chi connectivity index (χ1n) is 6.10. The van der Waals surface area contributed by atoms with Crippen molar-refractivity contribution in [1.82, 2.24) is 0 Å². The van der Waals surface area contributed by atoms with E-state index in [1.54, 1.807) is 0 Å². The first-order valence-corrected chi connectivity index (χ1v) is 8.20. The maximum Gasteiger partial charge on any atom is 0.460 e. The molecule has 2 nitrogen and oxygen atoms in total. The molecule has 0 aromatic heterocycles. The highest BCUT2D eigenvalue weighted by molar-refractivity contribution is 6.51. The fourth-order valence-corrected chi connectivity index (χ4v) is 3.44. The third-order valence-corrected chi connectivity index (χ3v) is 5.51. The van der Waals surface area contributed by atoms with Gasteiger partial charge in [0.25, 0.3) is 0 Å². The molecule has 0 saturated carbocycles. The molecular formula is C11H23AlO2. The van der Waals surface area contributed by atoms with Gasteiger partial charge in [-0.05, 0) is 25.7 Å². The van der Waals surface area contributed by atoms with Crippen molar-refractivity contribution in [2.75, 3.05) is 13.2 Å². The van der Waals surface area contributed by atoms with Crippen LogP contribution in [0.3, 0.4) is 0 Å². The smallest absolute Gasteiger partial charge is 0.460 e. The second kappa shape index (κ2) is 7.71. The van der Waals surface area contributed by atoms with Gasteiger partial charge in [-0.1, -0.05) is 24.4 Å². The van der Waals surface area contributed by atoms with Crippen molar-refractivity contribution in [2.45, 2.75) is 56.2 Å². The Morgan fingerprint density at radius 3 is 2.64 bits per heavy atom. The van der Waals surface area contributed by atoms with Crippen LogP contribution in [0.1, 0.15) is 39.5 Å². The molecule has 0 radical (unpaired) electrons. The molecule has 0 aliphatic carbocycles. The third kappa shape index (κ3) is 4.80. The monoisotopic (exact) mass is 214 g/mol. The number of hydrogen-bond donors (Lipinski definition) is 0. The molecule has 1 saturated heterocycles. The van der Waals surface area contributed by atoms with E-state index in [0.29, 0.717) is 6.10 Å². The van der Waals surface area contributed by atoms with Crippen LogP contribution >= 0.6 is 0 Å². The summed E-state index contributed by atoms with van der Waals surface area (Å²) in [4.78, 5) is 0. The van der Waals surface area contributed by atoms with Crippen LogP contribution in [0.25, 0.3) is 0 Å². The average Bonchev–Trinajstić information content (AvgIpc) is 2.26. The van der Waals surface area contributed by atoms with Crippen LogP contribution in [0.2, 0.25) is 10.6 Å². The highest BCUT2D eigenvalue weighted by Gasteiger charge is 2.17. The molecule has 1 fully saturated rings. The van der Waals surface area contributed by atoms with E-state index in [0.717, 1.165) is 19.6 Å². The number of rotatable bonds is 6. The Bertz CT molecular complexity index is 131. The normalized spacial score (nSPS) is 22.3. The van der Waals surface area contributed by atoms with Gasteiger partial charge in [0.15, 0.2) is 0 Å². The zero-order valence-corrected chi connectivity index (χ0v) is 10.8. The second-order valence-electron chi connectivity index (χ2n) is 4.09. The molecule has 0 spiro atoms. The van der Waals surface area contributed by atoms with Gasteiger partial charge in [0.2, 0.25) is 0 Å². The van der Waals surface area contributed by atoms with Crippen LogP contribution in [0.4, 0.5) is 0 Å². The van der Waals surface area contributed by atoms with Crippen molar-refractivity contribution in [1.29, 1.82) is 0 Å². The summed E-state index contributed by atoms with van der Waals surface area (Å²) < 4.78 is 11.6. The Balaban J connectivity index is 2.01. The lowest BCUT2D eigenvalue weighted by atomic mass is 10.1. The van der Waals surface area contributed by atoms with Gasteiger partial charge in [0.1, 0.15) is 0 Å². The van der Waals surface area contributed by atoms with Gasteiger partial charge in [0.05, 0.1) is 6.10 Å². The van der Waals surface area contributed by atoms with E-state index in [1.165, 1.54) is 29.8 Å². The van der Waals surface area contributed by atoms with Crippen LogP contribution in [0.15, 0.2) is 0 Å². The average molecular weight is 214 g/mol. The van der Waals surface area contributed by atoms with Gasteiger partial charge in [-0.3, -0.25) is 0 Å². The predicted molar refractivity (Wildman–Crippen MR) is 60.9 cm³/mol. The molecule has 1 aliphatic heterocycles. The molecule has 0 aromatic carbocycles. The zero-order valence-electron chi connectivity index (χ0n) is 9.63. The summed E-state index contributed by atoms with van der Waals surface area (Å²) in [7, 11) is 0. The van der Waals surface area contributed by atoms with Gasteiger partial charge >= 0.3 is 14.5 Å². The Morgan fingerprint density at radius 1 is 1.29 bits per heavy atom. The first-order chi connectivity index (χ1) is 6.86. The topological polar surface area (TPSA) is 18.5 Å². The minimum Gasteiger partial charge on any atom is -0.501 e. The Morgan fingerprint density at radius 2 is 2.07 bits per heavy atom. The summed E-state index contributed by atoms with van der Waals surface area (Å²) in [6.07, 6.45) is 5.44. The summed E-state index contributed by atoms with van der Waals surface area (Å²) in [5, 5.41) is 2.53. The first kappa shape index (κ1) is 12.5. The fraction of sp³-hybridized carbons (Fsp3) is 1.00. The van der Waals surface area contributed by atoms with Gasteiger partial charge in [0, 0.05) is 13.2 Å². The molecule has 1 heterocycles. The van der Waals surface area contributed by atoms with E-state index in [-0.39, 0.29) is 0 Å². The minimum atomic E-state index is -0.820. The van der Waals surface area contributed by atoms with Crippen molar-refractivity contribution in [3.63, 3.8) is 0 Å². The van der Waals surface area contributed by atoms with E-state index < -0.39 is 14.5 Å². The fourth-order valence-electron chi connectivity index (χ4n) is 1.93. The molecule has 82 valence electrons. The lowest BCUT2D eigenvalue weighted by Gasteiger charge is -2.23. The van der Waals surface area contributed by atoms with Crippen LogP contribution in [-0.2, 0) is 8.53 Å². The molecule has 0 aromatic rings. The molecular weight excluding hydrogens is 191 g/mol. The summed E-state index contributed by atoms with van der Waals surface area (Å²) in [6.45, 7) is 6.39. The van der Waals surface area contributed by atoms with Gasteiger partial charge in [-0.15, -0.1) is 0 Å². The second-order valence-corrected chi connectivity index (χ2v) is 7.30. The van der Waals surface area contributed by atoms with E-state index in [2.05, 4.69) is 13.8 Å². The van der Waals surface area contributed by atoms with Crippen LogP contribution in [0.5, 0.6) is 0 Å². The van der Waals surface area contributed by atoms with E-state index in [1.807, 2.05) is 0 Å². The molecule has 1 atom stereocenters. The summed E-state index contributed by atoms with van der Waals surface area (Å²) in [5.41, 5.74) is 0. The minimum absolute atomic E-state index is 0.493. The van der Waals surface area contributed by atoms with E-state index >= 15 is 0 Å². The molecule has 0 bridgehead atoms. The van der Waals surface area contributed by atoms with E-state index in [4.69, 9.17) is 8.53 Å². The van der Waals surface area contributed by atoms with Crippen molar-refractivity contribution in [3.8, 4) is 0 Å². The molecule has 3 heteroatoms. The van der Waals surface area contributed by atoms with Gasteiger partial charge < -0.3 is 8.53 Å². The van der Waals surface area contributed by atoms with Crippen molar-refractivity contribution >= 4 is 14.5 Å². The molecule has 14 heavy (non-hydrogen) atoms. The quantitative estimate of drug-likeness (QED) is 0.633. The zero-order chi connectivity index (χ0) is 10.2. The SMILES string of the molecule is C[CH2][Al]([CH2]C)[O]CCC1CCCCO1. The number of ether oxygens (including phenoxy) is 1. The maximum atomic E-state index is 5.90. The molecule has 1 unspecified atom stereocenters. The van der Waals surface area contributed by atoms with Gasteiger partial charge in [-0.2, -0.15) is 0 Å². The summed E-state index contributed by atoms with van der Waals surface area (Å²) >= 11 is -0.820. The van der Waals surface area contributed by atoms with Crippen LogP contribution < -0.4 is 0 Å². The Labute approximate surface area is 92.7 Å². The highest BCUT2D eigenvalue weighted by Crippen LogP contribution is 2.15. The lowest BCUT2D eigenvalue weighted by Crippen LogP contribution is -2.23. The van der Waals surface area contributed by atoms with Crippen molar-refractivity contribution in [3.05, 3.63) is 0 Å². The van der Waals surface area contributed by atoms with Crippen LogP contribution in [0, 0.1) is 0 Å². The van der Waals surface area contributed by atoms with Crippen molar-refractivity contribution < 1.29 is 8.53 Å².